The van der Waals surface area contributed by atoms with Crippen LogP contribution in [0.25, 0.3) is 0 Å². The van der Waals surface area contributed by atoms with Crippen LogP contribution in [0, 0.1) is 34.0 Å². The van der Waals surface area contributed by atoms with Crippen LogP contribution in [-0.2, 0) is 0 Å². The van der Waals surface area contributed by atoms with Gasteiger partial charge in [0.05, 0.1) is 5.92 Å². The molecule has 3 aliphatic rings. The Morgan fingerprint density at radius 2 is 1.17 bits per heavy atom. The summed E-state index contributed by atoms with van der Waals surface area (Å²) in [4.78, 5) is 0. The average molecular weight is 345 g/mol. The molecule has 0 heterocycles. The third-order valence-corrected chi connectivity index (χ3v) is 8.80. The topological polar surface area (TPSA) is 0 Å². The van der Waals surface area contributed by atoms with Gasteiger partial charge < -0.3 is 0 Å². The van der Waals surface area contributed by atoms with Crippen LogP contribution in [0.15, 0.2) is 0 Å². The van der Waals surface area contributed by atoms with Crippen LogP contribution in [0.5, 0.6) is 0 Å². The second-order valence-corrected chi connectivity index (χ2v) is 10.3. The van der Waals surface area contributed by atoms with E-state index in [9.17, 15) is 13.2 Å². The summed E-state index contributed by atoms with van der Waals surface area (Å²) in [7, 11) is 0. The van der Waals surface area contributed by atoms with Crippen molar-refractivity contribution in [2.75, 3.05) is 0 Å². The number of halogens is 3. The highest BCUT2D eigenvalue weighted by Gasteiger charge is 2.57. The second kappa shape index (κ2) is 5.91. The van der Waals surface area contributed by atoms with Gasteiger partial charge >= 0.3 is 6.18 Å². The van der Waals surface area contributed by atoms with E-state index in [4.69, 9.17) is 0 Å². The Kier molecular flexibility index (Phi) is 4.57. The molecule has 0 saturated heterocycles. The quantitative estimate of drug-likeness (QED) is 0.501. The Morgan fingerprint density at radius 1 is 0.667 bits per heavy atom. The molecule has 0 aromatic carbocycles. The maximum Gasteiger partial charge on any atom is 0.392 e. The third kappa shape index (κ3) is 3.14. The minimum Gasteiger partial charge on any atom is -0.171 e. The Labute approximate surface area is 146 Å². The van der Waals surface area contributed by atoms with Crippen molar-refractivity contribution in [2.24, 2.45) is 34.0 Å². The van der Waals surface area contributed by atoms with Crippen molar-refractivity contribution in [3.05, 3.63) is 0 Å². The summed E-state index contributed by atoms with van der Waals surface area (Å²) in [6, 6.07) is 0. The second-order valence-electron chi connectivity index (χ2n) is 10.3. The first kappa shape index (κ1) is 18.6. The fourth-order valence-electron chi connectivity index (χ4n) is 6.02. The maximum absolute atomic E-state index is 13.7. The first-order valence-corrected chi connectivity index (χ1v) is 10.1. The lowest BCUT2D eigenvalue weighted by Gasteiger charge is -2.55. The van der Waals surface area contributed by atoms with E-state index in [1.165, 1.54) is 38.5 Å². The summed E-state index contributed by atoms with van der Waals surface area (Å²) in [6.07, 6.45) is 6.59. The number of hydrogen-bond donors (Lipinski definition) is 0. The first-order chi connectivity index (χ1) is 11.0. The highest BCUT2D eigenvalue weighted by Crippen LogP contribution is 2.64. The highest BCUT2D eigenvalue weighted by atomic mass is 19.4. The zero-order chi connectivity index (χ0) is 17.8. The molecule has 0 nitrogen and oxygen atoms in total. The summed E-state index contributed by atoms with van der Waals surface area (Å²) in [5.74, 6) is -0.744. The fourth-order valence-corrected chi connectivity index (χ4v) is 6.02. The summed E-state index contributed by atoms with van der Waals surface area (Å²) >= 11 is 0. The van der Waals surface area contributed by atoms with Crippen LogP contribution in [0.4, 0.5) is 13.2 Å². The molecular formula is C21H35F3. The lowest BCUT2D eigenvalue weighted by atomic mass is 9.49. The standard InChI is InChI=1S/C21H35F3/c1-18(2,15-9-11-20(12-10-15)13-14-20)19(3,4)16-7-5-6-8-17(16)21(22,23)24/h15-17H,5-14H2,1-4H3. The molecular weight excluding hydrogens is 309 g/mol. The van der Waals surface area contributed by atoms with Crippen molar-refractivity contribution in [3.8, 4) is 0 Å². The fraction of sp³-hybridized carbons (Fsp3) is 1.00. The molecule has 0 bridgehead atoms. The van der Waals surface area contributed by atoms with E-state index in [0.717, 1.165) is 19.3 Å². The van der Waals surface area contributed by atoms with E-state index in [1.54, 1.807) is 0 Å². The summed E-state index contributed by atoms with van der Waals surface area (Å²) in [5.41, 5.74) is 0.345. The molecule has 3 fully saturated rings. The van der Waals surface area contributed by atoms with Gasteiger partial charge in [-0.05, 0) is 79.4 Å². The molecule has 140 valence electrons. The van der Waals surface area contributed by atoms with Gasteiger partial charge in [0.15, 0.2) is 0 Å². The van der Waals surface area contributed by atoms with Crippen molar-refractivity contribution in [3.63, 3.8) is 0 Å². The summed E-state index contributed by atoms with van der Waals surface area (Å²) < 4.78 is 41.0. The Balaban J connectivity index is 1.78. The molecule has 3 aliphatic carbocycles. The van der Waals surface area contributed by atoms with E-state index >= 15 is 0 Å². The SMILES string of the molecule is CC(C)(C1CCC2(CC1)CC2)C(C)(C)C1CCCCC1C(F)(F)F. The van der Waals surface area contributed by atoms with Crippen LogP contribution in [0.2, 0.25) is 0 Å². The summed E-state index contributed by atoms with van der Waals surface area (Å²) in [5, 5.41) is 0. The van der Waals surface area contributed by atoms with Crippen LogP contribution in [-0.4, -0.2) is 6.18 Å². The van der Waals surface area contributed by atoms with Gasteiger partial charge in [0.25, 0.3) is 0 Å². The summed E-state index contributed by atoms with van der Waals surface area (Å²) in [6.45, 7) is 8.82. The van der Waals surface area contributed by atoms with Gasteiger partial charge in [-0.2, -0.15) is 13.2 Å². The number of alkyl halides is 3. The van der Waals surface area contributed by atoms with Gasteiger partial charge in [0.1, 0.15) is 0 Å². The molecule has 24 heavy (non-hydrogen) atoms. The van der Waals surface area contributed by atoms with E-state index in [-0.39, 0.29) is 16.7 Å². The molecule has 0 aliphatic heterocycles. The van der Waals surface area contributed by atoms with Crippen LogP contribution < -0.4 is 0 Å². The Hall–Kier alpha value is -0.210. The Morgan fingerprint density at radius 3 is 1.62 bits per heavy atom. The number of rotatable bonds is 3. The van der Waals surface area contributed by atoms with E-state index in [2.05, 4.69) is 27.7 Å². The van der Waals surface area contributed by atoms with Gasteiger partial charge in [-0.15, -0.1) is 0 Å². The van der Waals surface area contributed by atoms with Gasteiger partial charge in [-0.3, -0.25) is 0 Å². The van der Waals surface area contributed by atoms with Gasteiger partial charge in [0, 0.05) is 0 Å². The van der Waals surface area contributed by atoms with E-state index in [1.807, 2.05) is 0 Å². The van der Waals surface area contributed by atoms with Crippen molar-refractivity contribution in [1.29, 1.82) is 0 Å². The smallest absolute Gasteiger partial charge is 0.171 e. The molecule has 0 N–H and O–H groups in total. The molecule has 3 heteroatoms. The van der Waals surface area contributed by atoms with Crippen molar-refractivity contribution < 1.29 is 13.2 Å². The van der Waals surface area contributed by atoms with Crippen LogP contribution in [0.1, 0.15) is 91.9 Å². The minimum absolute atomic E-state index is 0.0327. The predicted molar refractivity (Wildman–Crippen MR) is 92.7 cm³/mol. The first-order valence-electron chi connectivity index (χ1n) is 10.1. The lowest BCUT2D eigenvalue weighted by Crippen LogP contribution is -2.50. The minimum atomic E-state index is -4.04. The third-order valence-electron chi connectivity index (χ3n) is 8.80. The van der Waals surface area contributed by atoms with E-state index in [0.29, 0.717) is 17.8 Å². The van der Waals surface area contributed by atoms with Gasteiger partial charge in [0.2, 0.25) is 0 Å². The van der Waals surface area contributed by atoms with Crippen LogP contribution >= 0.6 is 0 Å². The van der Waals surface area contributed by atoms with Crippen molar-refractivity contribution in [1.82, 2.24) is 0 Å². The highest BCUT2D eigenvalue weighted by molar-refractivity contribution is 5.03. The molecule has 0 radical (unpaired) electrons. The molecule has 0 aromatic heterocycles. The van der Waals surface area contributed by atoms with Gasteiger partial charge in [-0.25, -0.2) is 0 Å². The van der Waals surface area contributed by atoms with Crippen LogP contribution in [0.3, 0.4) is 0 Å². The zero-order valence-electron chi connectivity index (χ0n) is 15.9. The molecule has 3 rings (SSSR count). The molecule has 2 unspecified atom stereocenters. The number of hydrogen-bond acceptors (Lipinski definition) is 0. The molecule has 2 atom stereocenters. The average Bonchev–Trinajstić information content (AvgIpc) is 3.26. The molecule has 0 amide bonds. The van der Waals surface area contributed by atoms with E-state index < -0.39 is 12.1 Å². The van der Waals surface area contributed by atoms with Crippen molar-refractivity contribution in [2.45, 2.75) is 98.1 Å². The molecule has 1 spiro atoms. The normalized spacial score (nSPS) is 32.1. The monoisotopic (exact) mass is 344 g/mol. The zero-order valence-corrected chi connectivity index (χ0v) is 15.9. The van der Waals surface area contributed by atoms with Crippen molar-refractivity contribution >= 4 is 0 Å². The molecule has 0 aromatic rings. The molecule has 3 saturated carbocycles. The predicted octanol–water partition coefficient (Wildman–Crippen LogP) is 7.38. The van der Waals surface area contributed by atoms with Gasteiger partial charge in [-0.1, -0.05) is 40.5 Å². The lowest BCUT2D eigenvalue weighted by molar-refractivity contribution is -0.219. The maximum atomic E-state index is 13.7. The Bertz CT molecular complexity index is 446. The largest absolute Gasteiger partial charge is 0.392 e.